The molecule has 0 aromatic heterocycles. The topological polar surface area (TPSA) is 55.1 Å². The van der Waals surface area contributed by atoms with E-state index in [0.29, 0.717) is 23.0 Å². The van der Waals surface area contributed by atoms with Crippen LogP contribution in [0, 0.1) is 5.82 Å². The van der Waals surface area contributed by atoms with Gasteiger partial charge in [0.25, 0.3) is 0 Å². The average molecular weight is 303 g/mol. The number of nitrogens with two attached hydrogens (primary N) is 1. The largest absolute Gasteiger partial charge is 0.351 e. The Morgan fingerprint density at radius 1 is 1.59 bits per heavy atom. The van der Waals surface area contributed by atoms with Crippen LogP contribution in [-0.2, 0) is 11.3 Å². The number of carbonyl (C=O) groups is 1. The predicted octanol–water partition coefficient (Wildman–Crippen LogP) is 2.33. The molecule has 0 aliphatic heterocycles. The first-order chi connectivity index (χ1) is 8.04. The van der Waals surface area contributed by atoms with Gasteiger partial charge in [-0.15, -0.1) is 0 Å². The summed E-state index contributed by atoms with van der Waals surface area (Å²) in [4.78, 5) is 11.5. The molecule has 0 aliphatic rings. The van der Waals surface area contributed by atoms with Crippen LogP contribution in [0.1, 0.15) is 25.3 Å². The SMILES string of the molecule is CCCC(N)C(=O)NCc1ccc(Br)c(F)c1. The molecule has 1 amide bonds. The number of benzene rings is 1. The molecule has 0 saturated carbocycles. The molecule has 0 bridgehead atoms. The van der Waals surface area contributed by atoms with E-state index in [2.05, 4.69) is 21.2 Å². The fraction of sp³-hybridized carbons (Fsp3) is 0.417. The molecule has 3 N–H and O–H groups in total. The van der Waals surface area contributed by atoms with Gasteiger partial charge in [-0.05, 0) is 40.0 Å². The summed E-state index contributed by atoms with van der Waals surface area (Å²) in [6.45, 7) is 2.26. The molecule has 0 fully saturated rings. The zero-order valence-corrected chi connectivity index (χ0v) is 11.3. The summed E-state index contributed by atoms with van der Waals surface area (Å²) >= 11 is 3.07. The minimum atomic E-state index is -0.486. The van der Waals surface area contributed by atoms with Gasteiger partial charge in [0.1, 0.15) is 5.82 Å². The van der Waals surface area contributed by atoms with E-state index in [1.165, 1.54) is 6.07 Å². The van der Waals surface area contributed by atoms with Crippen molar-refractivity contribution < 1.29 is 9.18 Å². The third kappa shape index (κ3) is 4.44. The maximum atomic E-state index is 13.2. The summed E-state index contributed by atoms with van der Waals surface area (Å²) in [5.74, 6) is -0.537. The highest BCUT2D eigenvalue weighted by atomic mass is 79.9. The van der Waals surface area contributed by atoms with Crippen LogP contribution in [0.4, 0.5) is 4.39 Å². The monoisotopic (exact) mass is 302 g/mol. The third-order valence-corrected chi connectivity index (χ3v) is 3.03. The number of carbonyl (C=O) groups excluding carboxylic acids is 1. The molecule has 0 radical (unpaired) electrons. The van der Waals surface area contributed by atoms with E-state index < -0.39 is 6.04 Å². The van der Waals surface area contributed by atoms with E-state index in [1.807, 2.05) is 6.92 Å². The molecule has 0 spiro atoms. The van der Waals surface area contributed by atoms with Gasteiger partial charge in [-0.25, -0.2) is 4.39 Å². The van der Waals surface area contributed by atoms with Crippen LogP contribution in [0.2, 0.25) is 0 Å². The Labute approximate surface area is 109 Å². The van der Waals surface area contributed by atoms with Crippen molar-refractivity contribution in [2.24, 2.45) is 5.73 Å². The van der Waals surface area contributed by atoms with Gasteiger partial charge in [-0.1, -0.05) is 19.4 Å². The van der Waals surface area contributed by atoms with Crippen LogP contribution < -0.4 is 11.1 Å². The first kappa shape index (κ1) is 14.1. The Hall–Kier alpha value is -0.940. The second kappa shape index (κ2) is 6.71. The van der Waals surface area contributed by atoms with Crippen molar-refractivity contribution in [2.75, 3.05) is 0 Å². The summed E-state index contributed by atoms with van der Waals surface area (Å²) in [7, 11) is 0. The van der Waals surface area contributed by atoms with Crippen LogP contribution in [0.3, 0.4) is 0 Å². The molecule has 1 rings (SSSR count). The number of hydrogen-bond donors (Lipinski definition) is 2. The molecule has 5 heteroatoms. The van der Waals surface area contributed by atoms with Gasteiger partial charge in [0.2, 0.25) is 5.91 Å². The first-order valence-corrected chi connectivity index (χ1v) is 6.31. The number of hydrogen-bond acceptors (Lipinski definition) is 2. The molecule has 3 nitrogen and oxygen atoms in total. The minimum absolute atomic E-state index is 0.199. The Balaban J connectivity index is 2.50. The molecule has 1 unspecified atom stereocenters. The van der Waals surface area contributed by atoms with Crippen LogP contribution in [-0.4, -0.2) is 11.9 Å². The normalized spacial score (nSPS) is 12.2. The van der Waals surface area contributed by atoms with Gasteiger partial charge in [0.05, 0.1) is 10.5 Å². The Kier molecular flexibility index (Phi) is 5.58. The maximum absolute atomic E-state index is 13.2. The lowest BCUT2D eigenvalue weighted by atomic mass is 10.1. The van der Waals surface area contributed by atoms with E-state index in [1.54, 1.807) is 12.1 Å². The van der Waals surface area contributed by atoms with E-state index in [4.69, 9.17) is 5.73 Å². The molecule has 94 valence electrons. The first-order valence-electron chi connectivity index (χ1n) is 5.51. The minimum Gasteiger partial charge on any atom is -0.351 e. The Morgan fingerprint density at radius 2 is 2.29 bits per heavy atom. The van der Waals surface area contributed by atoms with Gasteiger partial charge in [-0.2, -0.15) is 0 Å². The molecule has 0 aliphatic carbocycles. The van der Waals surface area contributed by atoms with Gasteiger partial charge in [0.15, 0.2) is 0 Å². The van der Waals surface area contributed by atoms with Crippen molar-refractivity contribution in [3.63, 3.8) is 0 Å². The summed E-state index contributed by atoms with van der Waals surface area (Å²) in [5, 5.41) is 2.68. The molecule has 0 saturated heterocycles. The second-order valence-electron chi connectivity index (χ2n) is 3.86. The average Bonchev–Trinajstić information content (AvgIpc) is 2.30. The van der Waals surface area contributed by atoms with Crippen LogP contribution in [0.5, 0.6) is 0 Å². The van der Waals surface area contributed by atoms with Crippen LogP contribution in [0.15, 0.2) is 22.7 Å². The van der Waals surface area contributed by atoms with Crippen LogP contribution >= 0.6 is 15.9 Å². The highest BCUT2D eigenvalue weighted by Gasteiger charge is 2.11. The lowest BCUT2D eigenvalue weighted by Crippen LogP contribution is -2.40. The molecular formula is C12H16BrFN2O. The highest BCUT2D eigenvalue weighted by molar-refractivity contribution is 9.10. The standard InChI is InChI=1S/C12H16BrFN2O/c1-2-3-11(15)12(17)16-7-8-4-5-9(13)10(14)6-8/h4-6,11H,2-3,7,15H2,1H3,(H,16,17). The molecule has 1 aromatic carbocycles. The summed E-state index contributed by atoms with van der Waals surface area (Å²) in [5.41, 5.74) is 6.36. The van der Waals surface area contributed by atoms with Crippen molar-refractivity contribution >= 4 is 21.8 Å². The predicted molar refractivity (Wildman–Crippen MR) is 68.8 cm³/mol. The van der Waals surface area contributed by atoms with Crippen molar-refractivity contribution in [3.05, 3.63) is 34.1 Å². The molecular weight excluding hydrogens is 287 g/mol. The second-order valence-corrected chi connectivity index (χ2v) is 4.72. The fourth-order valence-electron chi connectivity index (χ4n) is 1.41. The van der Waals surface area contributed by atoms with Gasteiger partial charge in [0, 0.05) is 6.54 Å². The zero-order valence-electron chi connectivity index (χ0n) is 9.67. The van der Waals surface area contributed by atoms with Crippen molar-refractivity contribution in [2.45, 2.75) is 32.4 Å². The van der Waals surface area contributed by atoms with Gasteiger partial charge < -0.3 is 11.1 Å². The lowest BCUT2D eigenvalue weighted by Gasteiger charge is -2.11. The zero-order chi connectivity index (χ0) is 12.8. The van der Waals surface area contributed by atoms with Crippen molar-refractivity contribution in [1.29, 1.82) is 0 Å². The maximum Gasteiger partial charge on any atom is 0.237 e. The number of halogens is 2. The molecule has 0 heterocycles. The van der Waals surface area contributed by atoms with E-state index in [0.717, 1.165) is 6.42 Å². The van der Waals surface area contributed by atoms with Gasteiger partial charge in [-0.3, -0.25) is 4.79 Å². The van der Waals surface area contributed by atoms with Crippen molar-refractivity contribution in [3.8, 4) is 0 Å². The molecule has 1 aromatic rings. The number of nitrogens with one attached hydrogen (secondary N) is 1. The molecule has 17 heavy (non-hydrogen) atoms. The molecule has 1 atom stereocenters. The number of amides is 1. The van der Waals surface area contributed by atoms with E-state index in [-0.39, 0.29) is 11.7 Å². The third-order valence-electron chi connectivity index (χ3n) is 2.39. The smallest absolute Gasteiger partial charge is 0.237 e. The Bertz CT molecular complexity index is 398. The quantitative estimate of drug-likeness (QED) is 0.877. The van der Waals surface area contributed by atoms with Crippen LogP contribution in [0.25, 0.3) is 0 Å². The van der Waals surface area contributed by atoms with Gasteiger partial charge >= 0.3 is 0 Å². The number of rotatable bonds is 5. The summed E-state index contributed by atoms with van der Waals surface area (Å²) in [6, 6.07) is 4.26. The van der Waals surface area contributed by atoms with Crippen molar-refractivity contribution in [1.82, 2.24) is 5.32 Å². The van der Waals surface area contributed by atoms with E-state index >= 15 is 0 Å². The summed E-state index contributed by atoms with van der Waals surface area (Å²) < 4.78 is 13.6. The fourth-order valence-corrected chi connectivity index (χ4v) is 1.66. The van der Waals surface area contributed by atoms with E-state index in [9.17, 15) is 9.18 Å². The highest BCUT2D eigenvalue weighted by Crippen LogP contribution is 2.16. The summed E-state index contributed by atoms with van der Waals surface area (Å²) in [6.07, 6.45) is 1.52. The lowest BCUT2D eigenvalue weighted by molar-refractivity contribution is -0.122. The Morgan fingerprint density at radius 3 is 2.88 bits per heavy atom.